The van der Waals surface area contributed by atoms with Crippen molar-refractivity contribution in [1.82, 2.24) is 15.5 Å². The van der Waals surface area contributed by atoms with Crippen molar-refractivity contribution in [2.45, 2.75) is 6.54 Å². The third kappa shape index (κ3) is 2.54. The summed E-state index contributed by atoms with van der Waals surface area (Å²) in [4.78, 5) is 11.7. The summed E-state index contributed by atoms with van der Waals surface area (Å²) in [5.41, 5.74) is 1.13. The Morgan fingerprint density at radius 1 is 1.35 bits per heavy atom. The summed E-state index contributed by atoms with van der Waals surface area (Å²) in [6.45, 7) is 0.344. The SMILES string of the molecule is O=C(NCc1cn[nH]c1)c1ccc(O)c(O)c1. The number of aromatic hydroxyl groups is 2. The van der Waals surface area contributed by atoms with Crippen LogP contribution in [0, 0.1) is 0 Å². The number of aromatic nitrogens is 2. The smallest absolute Gasteiger partial charge is 0.251 e. The van der Waals surface area contributed by atoms with Crippen molar-refractivity contribution in [3.63, 3.8) is 0 Å². The molecule has 0 aliphatic rings. The standard InChI is InChI=1S/C11H11N3O3/c15-9-2-1-8(3-10(9)16)11(17)12-4-7-5-13-14-6-7/h1-3,5-6,15-16H,4H2,(H,12,17)(H,13,14). The van der Waals surface area contributed by atoms with Gasteiger partial charge in [-0.3, -0.25) is 9.89 Å². The zero-order chi connectivity index (χ0) is 12.3. The van der Waals surface area contributed by atoms with Crippen molar-refractivity contribution in [3.05, 3.63) is 41.7 Å². The highest BCUT2D eigenvalue weighted by atomic mass is 16.3. The summed E-state index contributed by atoms with van der Waals surface area (Å²) in [6, 6.07) is 3.90. The van der Waals surface area contributed by atoms with Crippen molar-refractivity contribution in [1.29, 1.82) is 0 Å². The summed E-state index contributed by atoms with van der Waals surface area (Å²) in [5, 5.41) is 27.4. The maximum Gasteiger partial charge on any atom is 0.251 e. The lowest BCUT2D eigenvalue weighted by molar-refractivity contribution is 0.0950. The highest BCUT2D eigenvalue weighted by Gasteiger charge is 2.08. The fourth-order valence-corrected chi connectivity index (χ4v) is 1.32. The molecule has 2 aromatic rings. The van der Waals surface area contributed by atoms with Crippen molar-refractivity contribution in [2.24, 2.45) is 0 Å². The number of hydrogen-bond acceptors (Lipinski definition) is 4. The van der Waals surface area contributed by atoms with Crippen molar-refractivity contribution >= 4 is 5.91 Å². The number of phenols is 2. The van der Waals surface area contributed by atoms with Gasteiger partial charge in [0.05, 0.1) is 6.20 Å². The summed E-state index contributed by atoms with van der Waals surface area (Å²) in [7, 11) is 0. The maximum absolute atomic E-state index is 11.7. The summed E-state index contributed by atoms with van der Waals surface area (Å²) < 4.78 is 0. The second-order valence-electron chi connectivity index (χ2n) is 3.49. The molecular weight excluding hydrogens is 222 g/mol. The van der Waals surface area contributed by atoms with E-state index in [1.54, 1.807) is 12.4 Å². The van der Waals surface area contributed by atoms with E-state index in [4.69, 9.17) is 5.11 Å². The van der Waals surface area contributed by atoms with Gasteiger partial charge in [-0.05, 0) is 18.2 Å². The molecule has 6 heteroatoms. The van der Waals surface area contributed by atoms with Gasteiger partial charge in [-0.2, -0.15) is 5.10 Å². The molecule has 0 aliphatic heterocycles. The summed E-state index contributed by atoms with van der Waals surface area (Å²) in [5.74, 6) is -0.904. The Morgan fingerprint density at radius 3 is 2.82 bits per heavy atom. The first kappa shape index (κ1) is 11.0. The average molecular weight is 233 g/mol. The zero-order valence-electron chi connectivity index (χ0n) is 8.84. The third-order valence-electron chi connectivity index (χ3n) is 2.25. The van der Waals surface area contributed by atoms with Gasteiger partial charge in [0.25, 0.3) is 5.91 Å². The quantitative estimate of drug-likeness (QED) is 0.588. The van der Waals surface area contributed by atoms with E-state index in [0.717, 1.165) is 5.56 Å². The van der Waals surface area contributed by atoms with Gasteiger partial charge >= 0.3 is 0 Å². The molecule has 0 aliphatic carbocycles. The van der Waals surface area contributed by atoms with E-state index in [0.29, 0.717) is 6.54 Å². The van der Waals surface area contributed by atoms with Gasteiger partial charge in [-0.15, -0.1) is 0 Å². The Labute approximate surface area is 96.9 Å². The van der Waals surface area contributed by atoms with Crippen LogP contribution in [0.5, 0.6) is 11.5 Å². The minimum absolute atomic E-state index is 0.253. The van der Waals surface area contributed by atoms with Gasteiger partial charge in [-0.1, -0.05) is 0 Å². The number of nitrogens with zero attached hydrogens (tertiary/aromatic N) is 1. The number of rotatable bonds is 3. The van der Waals surface area contributed by atoms with Crippen LogP contribution < -0.4 is 5.32 Å². The van der Waals surface area contributed by atoms with Crippen molar-refractivity contribution in [3.8, 4) is 11.5 Å². The number of carbonyl (C=O) groups is 1. The van der Waals surface area contributed by atoms with Crippen molar-refractivity contribution < 1.29 is 15.0 Å². The molecule has 1 amide bonds. The fourth-order valence-electron chi connectivity index (χ4n) is 1.32. The second-order valence-corrected chi connectivity index (χ2v) is 3.49. The van der Waals surface area contributed by atoms with Crippen LogP contribution in [-0.2, 0) is 6.54 Å². The molecule has 0 fully saturated rings. The Morgan fingerprint density at radius 2 is 2.18 bits per heavy atom. The molecule has 1 aromatic heterocycles. The van der Waals surface area contributed by atoms with Gasteiger partial charge in [0.2, 0.25) is 0 Å². The number of aromatic amines is 1. The molecule has 1 aromatic carbocycles. The van der Waals surface area contributed by atoms with E-state index in [2.05, 4.69) is 15.5 Å². The number of nitrogens with one attached hydrogen (secondary N) is 2. The number of hydrogen-bond donors (Lipinski definition) is 4. The fraction of sp³-hybridized carbons (Fsp3) is 0.0909. The molecule has 0 radical (unpaired) electrons. The number of benzene rings is 1. The van der Waals surface area contributed by atoms with Crippen LogP contribution in [0.3, 0.4) is 0 Å². The molecule has 6 nitrogen and oxygen atoms in total. The van der Waals surface area contributed by atoms with Crippen LogP contribution in [-0.4, -0.2) is 26.3 Å². The lowest BCUT2D eigenvalue weighted by Gasteiger charge is -2.04. The van der Waals surface area contributed by atoms with Crippen molar-refractivity contribution in [2.75, 3.05) is 0 Å². The molecule has 4 N–H and O–H groups in total. The first-order valence-electron chi connectivity index (χ1n) is 4.94. The van der Waals surface area contributed by atoms with Gasteiger partial charge in [-0.25, -0.2) is 0 Å². The molecule has 0 spiro atoms. The molecule has 0 bridgehead atoms. The molecule has 88 valence electrons. The van der Waals surface area contributed by atoms with Crippen LogP contribution in [0.25, 0.3) is 0 Å². The van der Waals surface area contributed by atoms with E-state index in [1.165, 1.54) is 18.2 Å². The molecule has 0 atom stereocenters. The Hall–Kier alpha value is -2.50. The molecule has 17 heavy (non-hydrogen) atoms. The monoisotopic (exact) mass is 233 g/mol. The van der Waals surface area contributed by atoms with Gasteiger partial charge < -0.3 is 15.5 Å². The maximum atomic E-state index is 11.7. The van der Waals surface area contributed by atoms with Gasteiger partial charge in [0.15, 0.2) is 11.5 Å². The predicted molar refractivity (Wildman–Crippen MR) is 59.5 cm³/mol. The second kappa shape index (κ2) is 4.56. The molecule has 0 saturated heterocycles. The predicted octanol–water partition coefficient (Wildman–Crippen LogP) is 0.751. The highest BCUT2D eigenvalue weighted by molar-refractivity contribution is 5.94. The average Bonchev–Trinajstić information content (AvgIpc) is 2.82. The largest absolute Gasteiger partial charge is 0.504 e. The molecule has 0 unspecified atom stereocenters. The lowest BCUT2D eigenvalue weighted by Crippen LogP contribution is -2.22. The summed E-state index contributed by atoms with van der Waals surface area (Å²) in [6.07, 6.45) is 3.28. The molecule has 2 rings (SSSR count). The highest BCUT2D eigenvalue weighted by Crippen LogP contribution is 2.24. The van der Waals surface area contributed by atoms with Crippen LogP contribution in [0.1, 0.15) is 15.9 Å². The minimum Gasteiger partial charge on any atom is -0.504 e. The number of phenolic OH excluding ortho intramolecular Hbond substituents is 2. The third-order valence-corrected chi connectivity index (χ3v) is 2.25. The zero-order valence-corrected chi connectivity index (χ0v) is 8.84. The molecular formula is C11H11N3O3. The van der Waals surface area contributed by atoms with E-state index >= 15 is 0 Å². The Kier molecular flexibility index (Phi) is 2.95. The number of amides is 1. The first-order valence-corrected chi connectivity index (χ1v) is 4.94. The Balaban J connectivity index is 2.02. The van der Waals surface area contributed by atoms with E-state index in [1.807, 2.05) is 0 Å². The van der Waals surface area contributed by atoms with Crippen LogP contribution >= 0.6 is 0 Å². The van der Waals surface area contributed by atoms with E-state index < -0.39 is 0 Å². The summed E-state index contributed by atoms with van der Waals surface area (Å²) >= 11 is 0. The van der Waals surface area contributed by atoms with Crippen LogP contribution in [0.4, 0.5) is 0 Å². The lowest BCUT2D eigenvalue weighted by atomic mass is 10.2. The minimum atomic E-state index is -0.332. The van der Waals surface area contributed by atoms with Crippen LogP contribution in [0.2, 0.25) is 0 Å². The van der Waals surface area contributed by atoms with E-state index in [-0.39, 0.29) is 23.0 Å². The van der Waals surface area contributed by atoms with Gasteiger partial charge in [0, 0.05) is 23.9 Å². The normalized spacial score (nSPS) is 10.1. The first-order chi connectivity index (χ1) is 8.16. The molecule has 1 heterocycles. The van der Waals surface area contributed by atoms with Gasteiger partial charge in [0.1, 0.15) is 0 Å². The molecule has 0 saturated carbocycles. The number of H-pyrrole nitrogens is 1. The van der Waals surface area contributed by atoms with E-state index in [9.17, 15) is 9.90 Å². The van der Waals surface area contributed by atoms with Crippen LogP contribution in [0.15, 0.2) is 30.6 Å². The number of carbonyl (C=O) groups excluding carboxylic acids is 1. The topological polar surface area (TPSA) is 98.2 Å². The Bertz CT molecular complexity index is 523.